The van der Waals surface area contributed by atoms with Crippen molar-refractivity contribution in [3.8, 4) is 6.07 Å². The van der Waals surface area contributed by atoms with Crippen LogP contribution in [0.1, 0.15) is 18.4 Å². The molecule has 0 bridgehead atoms. The number of nitriles is 1. The predicted octanol–water partition coefficient (Wildman–Crippen LogP) is 1.76. The number of hydrogen-bond acceptors (Lipinski definition) is 5. The quantitative estimate of drug-likeness (QED) is 0.732. The van der Waals surface area contributed by atoms with Crippen molar-refractivity contribution in [2.45, 2.75) is 19.3 Å². The van der Waals surface area contributed by atoms with Crippen LogP contribution in [0, 0.1) is 11.3 Å². The third kappa shape index (κ3) is 5.76. The van der Waals surface area contributed by atoms with Crippen LogP contribution >= 0.6 is 11.3 Å². The topological polar surface area (TPSA) is 56.6 Å². The maximum atomic E-state index is 12.4. The predicted molar refractivity (Wildman–Crippen MR) is 86.7 cm³/mol. The lowest BCUT2D eigenvalue weighted by molar-refractivity contribution is -0.131. The van der Waals surface area contributed by atoms with Gasteiger partial charge < -0.3 is 9.64 Å². The van der Waals surface area contributed by atoms with Gasteiger partial charge in [-0.05, 0) is 28.8 Å². The number of thiophene rings is 1. The van der Waals surface area contributed by atoms with E-state index >= 15 is 0 Å². The summed E-state index contributed by atoms with van der Waals surface area (Å²) in [6.07, 6.45) is 1.70. The van der Waals surface area contributed by atoms with Crippen molar-refractivity contribution in [2.75, 3.05) is 45.9 Å². The van der Waals surface area contributed by atoms with Gasteiger partial charge in [0.2, 0.25) is 5.91 Å². The lowest BCUT2D eigenvalue weighted by Gasteiger charge is -2.30. The molecule has 1 amide bonds. The van der Waals surface area contributed by atoms with Gasteiger partial charge in [-0.15, -0.1) is 0 Å². The summed E-state index contributed by atoms with van der Waals surface area (Å²) in [5.74, 6) is 0.148. The maximum absolute atomic E-state index is 12.4. The number of aryl methyl sites for hydroxylation is 1. The van der Waals surface area contributed by atoms with Crippen molar-refractivity contribution in [3.63, 3.8) is 0 Å². The third-order valence-electron chi connectivity index (χ3n) is 3.84. The molecule has 2 rings (SSSR count). The van der Waals surface area contributed by atoms with Crippen molar-refractivity contribution in [2.24, 2.45) is 0 Å². The SMILES string of the molecule is N#CCCN(CCN1CCOCC1)C(=O)CCc1ccsc1. The minimum Gasteiger partial charge on any atom is -0.379 e. The molecule has 1 aliphatic heterocycles. The fourth-order valence-corrected chi connectivity index (χ4v) is 3.18. The average Bonchev–Trinajstić information content (AvgIpc) is 3.07. The van der Waals surface area contributed by atoms with Gasteiger partial charge in [-0.3, -0.25) is 9.69 Å². The maximum Gasteiger partial charge on any atom is 0.222 e. The van der Waals surface area contributed by atoms with Gasteiger partial charge in [0.05, 0.1) is 25.7 Å². The molecule has 1 aliphatic rings. The van der Waals surface area contributed by atoms with E-state index < -0.39 is 0 Å². The smallest absolute Gasteiger partial charge is 0.222 e. The Kier molecular flexibility index (Phi) is 7.37. The molecule has 1 fully saturated rings. The van der Waals surface area contributed by atoms with Crippen LogP contribution < -0.4 is 0 Å². The van der Waals surface area contributed by atoms with Gasteiger partial charge >= 0.3 is 0 Å². The largest absolute Gasteiger partial charge is 0.379 e. The Morgan fingerprint density at radius 3 is 2.91 bits per heavy atom. The molecular weight excluding hydrogens is 298 g/mol. The Hall–Kier alpha value is -1.42. The van der Waals surface area contributed by atoms with Gasteiger partial charge in [0, 0.05) is 39.1 Å². The summed E-state index contributed by atoms with van der Waals surface area (Å²) in [5, 5.41) is 12.9. The van der Waals surface area contributed by atoms with E-state index in [-0.39, 0.29) is 5.91 Å². The molecule has 0 radical (unpaired) electrons. The van der Waals surface area contributed by atoms with Crippen LogP contribution in [0.25, 0.3) is 0 Å². The van der Waals surface area contributed by atoms with E-state index in [9.17, 15) is 4.79 Å². The minimum atomic E-state index is 0.148. The van der Waals surface area contributed by atoms with Crippen LogP contribution in [0.4, 0.5) is 0 Å². The highest BCUT2D eigenvalue weighted by molar-refractivity contribution is 7.07. The standard InChI is InChI=1S/C16H23N3O2S/c17-5-1-6-19(8-7-18-9-11-21-12-10-18)16(20)3-2-15-4-13-22-14-15/h4,13-14H,1-3,6-12H2. The lowest BCUT2D eigenvalue weighted by Crippen LogP contribution is -2.43. The zero-order valence-corrected chi connectivity index (χ0v) is 13.7. The van der Waals surface area contributed by atoms with Crippen LogP contribution in [0.2, 0.25) is 0 Å². The van der Waals surface area contributed by atoms with Gasteiger partial charge in [0.25, 0.3) is 0 Å². The normalized spacial score (nSPS) is 15.4. The number of nitrogens with zero attached hydrogens (tertiary/aromatic N) is 3. The molecule has 0 unspecified atom stereocenters. The molecule has 22 heavy (non-hydrogen) atoms. The molecule has 0 N–H and O–H groups in total. The van der Waals surface area contributed by atoms with Gasteiger partial charge in [0.15, 0.2) is 0 Å². The summed E-state index contributed by atoms with van der Waals surface area (Å²) in [5.41, 5.74) is 1.21. The van der Waals surface area contributed by atoms with Gasteiger partial charge in [-0.25, -0.2) is 0 Å². The number of ether oxygens (including phenoxy) is 1. The molecule has 6 heteroatoms. The zero-order chi connectivity index (χ0) is 15.6. The monoisotopic (exact) mass is 321 g/mol. The molecule has 1 aromatic heterocycles. The van der Waals surface area contributed by atoms with E-state index in [2.05, 4.69) is 22.4 Å². The second-order valence-corrected chi connectivity index (χ2v) is 6.15. The summed E-state index contributed by atoms with van der Waals surface area (Å²) < 4.78 is 5.33. The number of hydrogen-bond donors (Lipinski definition) is 0. The summed E-state index contributed by atoms with van der Waals surface area (Å²) in [6, 6.07) is 4.20. The molecule has 0 aliphatic carbocycles. The summed E-state index contributed by atoms with van der Waals surface area (Å²) in [6.45, 7) is 5.48. The van der Waals surface area contributed by atoms with Crippen molar-refractivity contribution >= 4 is 17.2 Å². The second kappa shape index (κ2) is 9.57. The van der Waals surface area contributed by atoms with Gasteiger partial charge in [0.1, 0.15) is 0 Å². The highest BCUT2D eigenvalue weighted by atomic mass is 32.1. The molecule has 0 spiro atoms. The van der Waals surface area contributed by atoms with Gasteiger partial charge in [-0.1, -0.05) is 0 Å². The first kappa shape index (κ1) is 16.9. The number of rotatable bonds is 8. The van der Waals surface area contributed by atoms with Crippen molar-refractivity contribution in [1.82, 2.24) is 9.80 Å². The fourth-order valence-electron chi connectivity index (χ4n) is 2.48. The summed E-state index contributed by atoms with van der Waals surface area (Å²) in [7, 11) is 0. The molecule has 120 valence electrons. The average molecular weight is 321 g/mol. The Morgan fingerprint density at radius 1 is 1.41 bits per heavy atom. The van der Waals surface area contributed by atoms with Crippen LogP contribution in [0.5, 0.6) is 0 Å². The molecule has 1 saturated heterocycles. The van der Waals surface area contributed by atoms with Crippen molar-refractivity contribution in [1.29, 1.82) is 5.26 Å². The van der Waals surface area contributed by atoms with Crippen molar-refractivity contribution in [3.05, 3.63) is 22.4 Å². The molecule has 0 aromatic carbocycles. The Morgan fingerprint density at radius 2 is 2.23 bits per heavy atom. The first-order valence-electron chi connectivity index (χ1n) is 7.75. The Bertz CT molecular complexity index is 478. The van der Waals surface area contributed by atoms with E-state index in [1.807, 2.05) is 10.3 Å². The first-order chi connectivity index (χ1) is 10.8. The molecule has 0 saturated carbocycles. The number of carbonyl (C=O) groups excluding carboxylic acids is 1. The second-order valence-electron chi connectivity index (χ2n) is 5.37. The summed E-state index contributed by atoms with van der Waals surface area (Å²) >= 11 is 1.66. The molecule has 5 nitrogen and oxygen atoms in total. The van der Waals surface area contributed by atoms with Crippen LogP contribution in [-0.2, 0) is 16.0 Å². The highest BCUT2D eigenvalue weighted by Crippen LogP contribution is 2.10. The van der Waals surface area contributed by atoms with Crippen LogP contribution in [0.15, 0.2) is 16.8 Å². The van der Waals surface area contributed by atoms with Crippen LogP contribution in [0.3, 0.4) is 0 Å². The number of morpholine rings is 1. The number of amides is 1. The third-order valence-corrected chi connectivity index (χ3v) is 4.58. The zero-order valence-electron chi connectivity index (χ0n) is 12.9. The molecular formula is C16H23N3O2S. The molecule has 1 aromatic rings. The molecule has 2 heterocycles. The van der Waals surface area contributed by atoms with Crippen molar-refractivity contribution < 1.29 is 9.53 Å². The van der Waals surface area contributed by atoms with Crippen LogP contribution in [-0.4, -0.2) is 61.6 Å². The fraction of sp³-hybridized carbons (Fsp3) is 0.625. The van der Waals surface area contributed by atoms with E-state index in [1.165, 1.54) is 5.56 Å². The Balaban J connectivity index is 1.78. The first-order valence-corrected chi connectivity index (χ1v) is 8.70. The Labute approximate surface area is 136 Å². The minimum absolute atomic E-state index is 0.148. The van der Waals surface area contributed by atoms with Gasteiger partial charge in [-0.2, -0.15) is 16.6 Å². The summed E-state index contributed by atoms with van der Waals surface area (Å²) in [4.78, 5) is 16.5. The number of carbonyl (C=O) groups is 1. The lowest BCUT2D eigenvalue weighted by atomic mass is 10.2. The highest BCUT2D eigenvalue weighted by Gasteiger charge is 2.16. The van der Waals surface area contributed by atoms with E-state index in [0.29, 0.717) is 25.9 Å². The molecule has 0 atom stereocenters. The van der Waals surface area contributed by atoms with E-state index in [1.54, 1.807) is 11.3 Å². The van der Waals surface area contributed by atoms with E-state index in [0.717, 1.165) is 39.3 Å². The van der Waals surface area contributed by atoms with E-state index in [4.69, 9.17) is 10.00 Å².